The maximum atomic E-state index is 13.8. The summed E-state index contributed by atoms with van der Waals surface area (Å²) in [6.07, 6.45) is 0. The monoisotopic (exact) mass is 382 g/mol. The number of benzene rings is 2. The number of aryl methyl sites for hydroxylation is 1. The zero-order valence-electron chi connectivity index (χ0n) is 15.8. The van der Waals surface area contributed by atoms with E-state index in [1.165, 1.54) is 11.6 Å². The van der Waals surface area contributed by atoms with Gasteiger partial charge >= 0.3 is 0 Å². The van der Waals surface area contributed by atoms with E-state index in [9.17, 15) is 13.6 Å². The van der Waals surface area contributed by atoms with Crippen molar-refractivity contribution in [3.05, 3.63) is 77.1 Å². The Morgan fingerprint density at radius 3 is 2.36 bits per heavy atom. The van der Waals surface area contributed by atoms with Gasteiger partial charge in [0.05, 0.1) is 5.69 Å². The van der Waals surface area contributed by atoms with Gasteiger partial charge in [-0.15, -0.1) is 0 Å². The van der Waals surface area contributed by atoms with E-state index < -0.39 is 17.5 Å². The van der Waals surface area contributed by atoms with Crippen LogP contribution in [-0.4, -0.2) is 15.9 Å². The Kier molecular flexibility index (Phi) is 5.63. The van der Waals surface area contributed by atoms with Crippen LogP contribution in [0, 0.1) is 18.6 Å². The van der Waals surface area contributed by atoms with E-state index in [4.69, 9.17) is 0 Å². The van der Waals surface area contributed by atoms with Crippen molar-refractivity contribution in [2.45, 2.75) is 26.7 Å². The van der Waals surface area contributed by atoms with Crippen LogP contribution in [0.1, 0.15) is 41.5 Å². The minimum absolute atomic E-state index is 0.0672. The highest BCUT2D eigenvalue weighted by Crippen LogP contribution is 2.20. The van der Waals surface area contributed by atoms with Crippen molar-refractivity contribution < 1.29 is 13.6 Å². The molecule has 3 aromatic rings. The first-order valence-corrected chi connectivity index (χ1v) is 8.81. The Morgan fingerprint density at radius 2 is 1.71 bits per heavy atom. The zero-order valence-corrected chi connectivity index (χ0v) is 15.8. The second-order valence-corrected chi connectivity index (χ2v) is 6.70. The van der Waals surface area contributed by atoms with E-state index in [1.54, 1.807) is 6.92 Å². The largest absolute Gasteiger partial charge is 0.324 e. The van der Waals surface area contributed by atoms with Gasteiger partial charge in [-0.2, -0.15) is 0 Å². The molecule has 2 aromatic carbocycles. The van der Waals surface area contributed by atoms with Crippen molar-refractivity contribution in [1.29, 1.82) is 0 Å². The molecule has 144 valence electrons. The molecule has 0 aliphatic heterocycles. The van der Waals surface area contributed by atoms with Crippen molar-refractivity contribution >= 4 is 23.2 Å². The average Bonchev–Trinajstić information content (AvgIpc) is 2.64. The van der Waals surface area contributed by atoms with Crippen molar-refractivity contribution in [2.24, 2.45) is 0 Å². The number of carbonyl (C=O) groups is 1. The lowest BCUT2D eigenvalue weighted by Gasteiger charge is -2.10. The molecule has 5 nitrogen and oxygen atoms in total. The van der Waals surface area contributed by atoms with Gasteiger partial charge in [0.15, 0.2) is 0 Å². The van der Waals surface area contributed by atoms with E-state index >= 15 is 0 Å². The molecule has 7 heteroatoms. The molecule has 3 rings (SSSR count). The summed E-state index contributed by atoms with van der Waals surface area (Å²) in [4.78, 5) is 20.9. The third-order valence-electron chi connectivity index (χ3n) is 4.10. The second kappa shape index (κ2) is 8.12. The average molecular weight is 382 g/mol. The number of aromatic nitrogens is 2. The molecule has 0 aliphatic carbocycles. The second-order valence-electron chi connectivity index (χ2n) is 6.70. The maximum Gasteiger partial charge on any atom is 0.274 e. The van der Waals surface area contributed by atoms with Gasteiger partial charge in [0, 0.05) is 17.4 Å². The lowest BCUT2D eigenvalue weighted by molar-refractivity contribution is 0.102. The van der Waals surface area contributed by atoms with Crippen LogP contribution in [0.5, 0.6) is 0 Å². The fourth-order valence-electron chi connectivity index (χ4n) is 2.60. The molecule has 0 unspecified atom stereocenters. The Hall–Kier alpha value is -3.35. The molecule has 1 heterocycles. The van der Waals surface area contributed by atoms with Crippen LogP contribution in [0.2, 0.25) is 0 Å². The van der Waals surface area contributed by atoms with Gasteiger partial charge in [0.25, 0.3) is 5.91 Å². The summed E-state index contributed by atoms with van der Waals surface area (Å²) in [7, 11) is 0. The Labute approximate surface area is 161 Å². The van der Waals surface area contributed by atoms with Crippen LogP contribution < -0.4 is 10.6 Å². The normalized spacial score (nSPS) is 10.8. The topological polar surface area (TPSA) is 66.9 Å². The molecule has 1 aromatic heterocycles. The van der Waals surface area contributed by atoms with Crippen molar-refractivity contribution in [3.8, 4) is 0 Å². The molecule has 0 atom stereocenters. The summed E-state index contributed by atoms with van der Waals surface area (Å²) < 4.78 is 26.8. The van der Waals surface area contributed by atoms with Gasteiger partial charge in [-0.3, -0.25) is 4.79 Å². The molecular weight excluding hydrogens is 362 g/mol. The minimum Gasteiger partial charge on any atom is -0.324 e. The van der Waals surface area contributed by atoms with Gasteiger partial charge in [0.2, 0.25) is 5.95 Å². The highest BCUT2D eigenvalue weighted by Gasteiger charge is 2.14. The van der Waals surface area contributed by atoms with E-state index in [-0.39, 0.29) is 17.3 Å². The zero-order chi connectivity index (χ0) is 20.3. The first kappa shape index (κ1) is 19.4. The molecule has 0 radical (unpaired) electrons. The highest BCUT2D eigenvalue weighted by molar-refractivity contribution is 6.03. The molecular formula is C21H20F2N4O. The molecule has 0 fully saturated rings. The predicted molar refractivity (Wildman–Crippen MR) is 105 cm³/mol. The van der Waals surface area contributed by atoms with Crippen molar-refractivity contribution in [2.75, 3.05) is 10.6 Å². The van der Waals surface area contributed by atoms with Crippen molar-refractivity contribution in [3.63, 3.8) is 0 Å². The number of carbonyl (C=O) groups excluding carboxylic acids is 1. The molecule has 1 amide bonds. The Bertz CT molecular complexity index is 1000. The van der Waals surface area contributed by atoms with Gasteiger partial charge in [-0.05, 0) is 48.7 Å². The third kappa shape index (κ3) is 4.68. The molecule has 0 bridgehead atoms. The SMILES string of the molecule is Cc1cc(C(=O)Nc2ccc(F)cc2F)nc(Nc2ccc(C(C)C)cc2)n1. The number of halogens is 2. The summed E-state index contributed by atoms with van der Waals surface area (Å²) in [5, 5.41) is 5.46. The first-order valence-electron chi connectivity index (χ1n) is 8.81. The minimum atomic E-state index is -0.859. The van der Waals surface area contributed by atoms with E-state index in [0.29, 0.717) is 17.7 Å². The lowest BCUT2D eigenvalue weighted by Crippen LogP contribution is -2.16. The van der Waals surface area contributed by atoms with E-state index in [2.05, 4.69) is 34.4 Å². The van der Waals surface area contributed by atoms with Crippen molar-refractivity contribution in [1.82, 2.24) is 9.97 Å². The quantitative estimate of drug-likeness (QED) is 0.638. The smallest absolute Gasteiger partial charge is 0.274 e. The summed E-state index contributed by atoms with van der Waals surface area (Å²) in [5.74, 6) is -1.52. The van der Waals surface area contributed by atoms with Gasteiger partial charge in [-0.25, -0.2) is 18.7 Å². The van der Waals surface area contributed by atoms with Gasteiger partial charge in [0.1, 0.15) is 17.3 Å². The number of amides is 1. The lowest BCUT2D eigenvalue weighted by atomic mass is 10.0. The maximum absolute atomic E-state index is 13.8. The fraction of sp³-hybridized carbons (Fsp3) is 0.190. The molecule has 0 saturated heterocycles. The number of nitrogens with zero attached hydrogens (tertiary/aromatic N) is 2. The summed E-state index contributed by atoms with van der Waals surface area (Å²) >= 11 is 0. The van der Waals surface area contributed by atoms with E-state index in [0.717, 1.165) is 17.8 Å². The molecule has 0 spiro atoms. The first-order chi connectivity index (χ1) is 13.3. The van der Waals surface area contributed by atoms with Crippen LogP contribution in [0.25, 0.3) is 0 Å². The standard InChI is InChI=1S/C21H20F2N4O/c1-12(2)14-4-7-16(8-5-14)25-21-24-13(3)10-19(27-21)20(28)26-18-9-6-15(22)11-17(18)23/h4-12H,1-3H3,(H,26,28)(H,24,25,27). The predicted octanol–water partition coefficient (Wildman–Crippen LogP) is 5.18. The molecule has 2 N–H and O–H groups in total. The van der Waals surface area contributed by atoms with Crippen LogP contribution >= 0.6 is 0 Å². The Balaban J connectivity index is 1.79. The third-order valence-corrected chi connectivity index (χ3v) is 4.10. The number of hydrogen-bond acceptors (Lipinski definition) is 4. The molecule has 0 saturated carbocycles. The number of hydrogen-bond donors (Lipinski definition) is 2. The van der Waals surface area contributed by atoms with E-state index in [1.807, 2.05) is 24.3 Å². The van der Waals surface area contributed by atoms with Crippen LogP contribution in [0.15, 0.2) is 48.5 Å². The van der Waals surface area contributed by atoms with Gasteiger partial charge in [-0.1, -0.05) is 26.0 Å². The molecule has 0 aliphatic rings. The highest BCUT2D eigenvalue weighted by atomic mass is 19.1. The summed E-state index contributed by atoms with van der Waals surface area (Å²) in [5.41, 5.74) is 2.50. The van der Waals surface area contributed by atoms with Crippen LogP contribution in [-0.2, 0) is 0 Å². The molecule has 28 heavy (non-hydrogen) atoms. The van der Waals surface area contributed by atoms with Crippen LogP contribution in [0.3, 0.4) is 0 Å². The van der Waals surface area contributed by atoms with Gasteiger partial charge < -0.3 is 10.6 Å². The number of rotatable bonds is 5. The summed E-state index contributed by atoms with van der Waals surface area (Å²) in [6.45, 7) is 5.95. The van der Waals surface area contributed by atoms with Crippen LogP contribution in [0.4, 0.5) is 26.1 Å². The summed E-state index contributed by atoms with van der Waals surface area (Å²) in [6, 6.07) is 12.3. The number of nitrogens with one attached hydrogen (secondary N) is 2. The fourth-order valence-corrected chi connectivity index (χ4v) is 2.60. The number of anilines is 3. The Morgan fingerprint density at radius 1 is 1.00 bits per heavy atom.